The number of hydrogen-bond acceptors (Lipinski definition) is 5. The number of aliphatic carboxylic acids is 1. The number of ether oxygens (including phenoxy) is 2. The van der Waals surface area contributed by atoms with E-state index in [1.165, 1.54) is 16.7 Å². The van der Waals surface area contributed by atoms with Gasteiger partial charge in [0.2, 0.25) is 12.7 Å². The minimum Gasteiger partial charge on any atom is -0.480 e. The van der Waals surface area contributed by atoms with E-state index < -0.39 is 5.97 Å². The van der Waals surface area contributed by atoms with Crippen LogP contribution in [0.15, 0.2) is 23.6 Å². The maximum Gasteiger partial charge on any atom is 0.323 e. The summed E-state index contributed by atoms with van der Waals surface area (Å²) in [6.07, 6.45) is 0. The van der Waals surface area contributed by atoms with Gasteiger partial charge in [0.15, 0.2) is 11.5 Å². The van der Waals surface area contributed by atoms with Crippen molar-refractivity contribution in [1.82, 2.24) is 4.90 Å². The summed E-state index contributed by atoms with van der Waals surface area (Å²) in [4.78, 5) is 24.1. The van der Waals surface area contributed by atoms with Gasteiger partial charge in [-0.05, 0) is 23.6 Å². The van der Waals surface area contributed by atoms with Gasteiger partial charge in [0.05, 0.1) is 11.4 Å². The molecule has 1 amide bonds. The Balaban J connectivity index is 1.96. The lowest BCUT2D eigenvalue weighted by Crippen LogP contribution is -2.37. The number of nitrogens with zero attached hydrogens (tertiary/aromatic N) is 1. The van der Waals surface area contributed by atoms with Gasteiger partial charge in [-0.1, -0.05) is 0 Å². The van der Waals surface area contributed by atoms with Crippen LogP contribution in [-0.4, -0.2) is 41.0 Å². The monoisotopic (exact) mass is 293 g/mol. The molecule has 7 heteroatoms. The van der Waals surface area contributed by atoms with E-state index in [1.807, 2.05) is 0 Å². The number of hydrogen-bond donors (Lipinski definition) is 1. The van der Waals surface area contributed by atoms with E-state index >= 15 is 0 Å². The largest absolute Gasteiger partial charge is 0.480 e. The Morgan fingerprint density at radius 1 is 1.35 bits per heavy atom. The molecule has 0 spiro atoms. The van der Waals surface area contributed by atoms with Crippen molar-refractivity contribution in [3.8, 4) is 11.5 Å². The van der Waals surface area contributed by atoms with Gasteiger partial charge in [0.1, 0.15) is 6.54 Å². The number of amides is 1. The average molecular weight is 293 g/mol. The molecule has 0 aromatic heterocycles. The van der Waals surface area contributed by atoms with Crippen LogP contribution in [0.25, 0.3) is 5.70 Å². The lowest BCUT2D eigenvalue weighted by Gasteiger charge is -2.27. The highest BCUT2D eigenvalue weighted by atomic mass is 32.2. The standard InChI is InChI=1S/C13H11NO5S/c15-12-6-20-5-9(14(12)4-13(16)17)8-1-2-10-11(3-8)19-7-18-10/h1-3,5H,4,6-7H2,(H,16,17). The van der Waals surface area contributed by atoms with Crippen molar-refractivity contribution in [2.24, 2.45) is 0 Å². The number of carboxylic acid groups (broad SMARTS) is 1. The molecule has 0 saturated heterocycles. The van der Waals surface area contributed by atoms with Crippen LogP contribution in [0.1, 0.15) is 5.56 Å². The molecule has 2 heterocycles. The fraction of sp³-hybridized carbons (Fsp3) is 0.231. The summed E-state index contributed by atoms with van der Waals surface area (Å²) >= 11 is 1.35. The maximum absolute atomic E-state index is 11.9. The Morgan fingerprint density at radius 3 is 2.95 bits per heavy atom. The van der Waals surface area contributed by atoms with E-state index in [0.717, 1.165) is 5.56 Å². The predicted molar refractivity (Wildman–Crippen MR) is 72.3 cm³/mol. The van der Waals surface area contributed by atoms with Crippen molar-refractivity contribution in [2.45, 2.75) is 0 Å². The van der Waals surface area contributed by atoms with Crippen molar-refractivity contribution >= 4 is 29.3 Å². The third-order valence-electron chi connectivity index (χ3n) is 2.96. The van der Waals surface area contributed by atoms with Crippen molar-refractivity contribution in [3.05, 3.63) is 29.2 Å². The number of benzene rings is 1. The molecule has 0 saturated carbocycles. The average Bonchev–Trinajstić information content (AvgIpc) is 2.88. The van der Waals surface area contributed by atoms with Crippen LogP contribution in [0, 0.1) is 0 Å². The highest BCUT2D eigenvalue weighted by Crippen LogP contribution is 2.36. The second-order valence-corrected chi connectivity index (χ2v) is 5.11. The molecule has 0 bridgehead atoms. The summed E-state index contributed by atoms with van der Waals surface area (Å²) in [5.74, 6) is 0.238. The molecule has 0 aliphatic carbocycles. The van der Waals surface area contributed by atoms with Crippen molar-refractivity contribution < 1.29 is 24.2 Å². The van der Waals surface area contributed by atoms with Gasteiger partial charge in [0, 0.05) is 5.56 Å². The van der Waals surface area contributed by atoms with Gasteiger partial charge in [-0.2, -0.15) is 0 Å². The molecule has 6 nitrogen and oxygen atoms in total. The summed E-state index contributed by atoms with van der Waals surface area (Å²) in [6, 6.07) is 5.29. The molecule has 20 heavy (non-hydrogen) atoms. The Labute approximate surface area is 119 Å². The molecule has 0 unspecified atom stereocenters. The topological polar surface area (TPSA) is 76.1 Å². The molecule has 2 aliphatic heterocycles. The molecule has 0 fully saturated rings. The van der Waals surface area contributed by atoms with E-state index in [2.05, 4.69) is 0 Å². The zero-order valence-corrected chi connectivity index (χ0v) is 11.2. The Morgan fingerprint density at radius 2 is 2.15 bits per heavy atom. The second kappa shape index (κ2) is 5.09. The molecule has 0 atom stereocenters. The smallest absolute Gasteiger partial charge is 0.323 e. The minimum absolute atomic E-state index is 0.171. The first-order valence-corrected chi connectivity index (χ1v) is 6.94. The van der Waals surface area contributed by atoms with Crippen LogP contribution in [0.3, 0.4) is 0 Å². The van der Waals surface area contributed by atoms with Crippen LogP contribution in [0.4, 0.5) is 0 Å². The predicted octanol–water partition coefficient (Wildman–Crippen LogP) is 1.37. The zero-order valence-electron chi connectivity index (χ0n) is 10.4. The van der Waals surface area contributed by atoms with Gasteiger partial charge in [-0.15, -0.1) is 11.8 Å². The van der Waals surface area contributed by atoms with Crippen molar-refractivity contribution in [3.63, 3.8) is 0 Å². The van der Waals surface area contributed by atoms with Crippen LogP contribution >= 0.6 is 11.8 Å². The Hall–Kier alpha value is -2.15. The SMILES string of the molecule is O=C(O)CN1C(=O)CSC=C1c1ccc2c(c1)OCO2. The first-order chi connectivity index (χ1) is 9.65. The lowest BCUT2D eigenvalue weighted by molar-refractivity contribution is -0.141. The number of thioether (sulfide) groups is 1. The summed E-state index contributed by atoms with van der Waals surface area (Å²) < 4.78 is 10.5. The molecule has 104 valence electrons. The highest BCUT2D eigenvalue weighted by molar-refractivity contribution is 8.03. The van der Waals surface area contributed by atoms with E-state index in [1.54, 1.807) is 23.6 Å². The van der Waals surface area contributed by atoms with E-state index in [-0.39, 0.29) is 25.0 Å². The molecular weight excluding hydrogens is 282 g/mol. The number of carbonyl (C=O) groups excluding carboxylic acids is 1. The molecule has 3 rings (SSSR count). The first-order valence-electron chi connectivity index (χ1n) is 5.89. The molecular formula is C13H11NO5S. The molecule has 1 N–H and O–H groups in total. The second-order valence-electron chi connectivity index (χ2n) is 4.26. The Kier molecular flexibility index (Phi) is 3.27. The third-order valence-corrected chi connectivity index (χ3v) is 3.76. The summed E-state index contributed by atoms with van der Waals surface area (Å²) in [5, 5.41) is 10.7. The van der Waals surface area contributed by atoms with Crippen molar-refractivity contribution in [1.29, 1.82) is 0 Å². The van der Waals surface area contributed by atoms with E-state index in [4.69, 9.17) is 14.6 Å². The summed E-state index contributed by atoms with van der Waals surface area (Å²) in [5.41, 5.74) is 1.31. The Bertz CT molecular complexity index is 613. The quantitative estimate of drug-likeness (QED) is 0.907. The lowest BCUT2D eigenvalue weighted by atomic mass is 10.1. The third kappa shape index (κ3) is 2.32. The van der Waals surface area contributed by atoms with E-state index in [9.17, 15) is 9.59 Å². The van der Waals surface area contributed by atoms with Crippen LogP contribution in [0.2, 0.25) is 0 Å². The number of carbonyl (C=O) groups is 2. The minimum atomic E-state index is -1.04. The normalized spacial score (nSPS) is 17.1. The zero-order chi connectivity index (χ0) is 14.1. The fourth-order valence-corrected chi connectivity index (χ4v) is 2.86. The molecule has 2 aliphatic rings. The van der Waals surface area contributed by atoms with Gasteiger partial charge in [-0.25, -0.2) is 0 Å². The van der Waals surface area contributed by atoms with Crippen LogP contribution in [-0.2, 0) is 9.59 Å². The van der Waals surface area contributed by atoms with E-state index in [0.29, 0.717) is 17.2 Å². The summed E-state index contributed by atoms with van der Waals surface area (Å²) in [6.45, 7) is -0.177. The van der Waals surface area contributed by atoms with Crippen LogP contribution in [0.5, 0.6) is 11.5 Å². The molecule has 1 aromatic rings. The summed E-state index contributed by atoms with van der Waals surface area (Å²) in [7, 11) is 0. The number of fused-ring (bicyclic) bond motifs is 1. The highest BCUT2D eigenvalue weighted by Gasteiger charge is 2.26. The molecule has 0 radical (unpaired) electrons. The van der Waals surface area contributed by atoms with Gasteiger partial charge < -0.3 is 14.6 Å². The fourth-order valence-electron chi connectivity index (χ4n) is 2.06. The van der Waals surface area contributed by atoms with Crippen molar-refractivity contribution in [2.75, 3.05) is 19.1 Å². The van der Waals surface area contributed by atoms with Gasteiger partial charge in [-0.3, -0.25) is 14.5 Å². The maximum atomic E-state index is 11.9. The number of carboxylic acids is 1. The van der Waals surface area contributed by atoms with Crippen LogP contribution < -0.4 is 9.47 Å². The number of rotatable bonds is 3. The molecule has 1 aromatic carbocycles. The van der Waals surface area contributed by atoms with Gasteiger partial charge in [0.25, 0.3) is 0 Å². The van der Waals surface area contributed by atoms with Gasteiger partial charge >= 0.3 is 5.97 Å². The first kappa shape index (κ1) is 12.9.